The van der Waals surface area contributed by atoms with Gasteiger partial charge in [-0.15, -0.1) is 0 Å². The molecule has 148 valence electrons. The Kier molecular flexibility index (Phi) is 6.69. The molecule has 28 heavy (non-hydrogen) atoms. The second-order valence-electron chi connectivity index (χ2n) is 7.33. The van der Waals surface area contributed by atoms with Crippen LogP contribution in [-0.2, 0) is 6.54 Å². The Labute approximate surface area is 167 Å². The van der Waals surface area contributed by atoms with Crippen LogP contribution in [0.25, 0.3) is 0 Å². The van der Waals surface area contributed by atoms with E-state index < -0.39 is 0 Å². The molecule has 3 rings (SSSR count). The van der Waals surface area contributed by atoms with Gasteiger partial charge in [0.2, 0.25) is 0 Å². The maximum absolute atomic E-state index is 13.0. The molecular formula is C23H29N3O2. The van der Waals surface area contributed by atoms with Crippen LogP contribution in [0.3, 0.4) is 0 Å². The van der Waals surface area contributed by atoms with Crippen molar-refractivity contribution < 1.29 is 9.59 Å². The summed E-state index contributed by atoms with van der Waals surface area (Å²) in [6.45, 7) is 6.75. The lowest BCUT2D eigenvalue weighted by Gasteiger charge is -2.25. The molecule has 1 N–H and O–H groups in total. The zero-order valence-corrected chi connectivity index (χ0v) is 16.8. The van der Waals surface area contributed by atoms with Crippen molar-refractivity contribution in [3.8, 4) is 0 Å². The Morgan fingerprint density at radius 2 is 1.75 bits per heavy atom. The van der Waals surface area contributed by atoms with Crippen LogP contribution in [0.2, 0.25) is 0 Å². The summed E-state index contributed by atoms with van der Waals surface area (Å²) in [5.41, 5.74) is 3.17. The van der Waals surface area contributed by atoms with Crippen molar-refractivity contribution >= 4 is 17.6 Å². The normalized spacial score (nSPS) is 13.4. The number of rotatable bonds is 6. The first-order valence-corrected chi connectivity index (χ1v) is 10.1. The number of hydrogen-bond acceptors (Lipinski definition) is 2. The van der Waals surface area contributed by atoms with Gasteiger partial charge in [-0.2, -0.15) is 0 Å². The van der Waals surface area contributed by atoms with Crippen molar-refractivity contribution in [2.75, 3.05) is 25.0 Å². The molecule has 1 heterocycles. The van der Waals surface area contributed by atoms with Crippen molar-refractivity contribution in [3.05, 3.63) is 65.2 Å². The minimum atomic E-state index is -0.174. The Morgan fingerprint density at radius 1 is 1.04 bits per heavy atom. The molecule has 0 bridgehead atoms. The van der Waals surface area contributed by atoms with Crippen LogP contribution in [0.15, 0.2) is 48.5 Å². The van der Waals surface area contributed by atoms with E-state index in [1.165, 1.54) is 0 Å². The van der Waals surface area contributed by atoms with Crippen LogP contribution in [0.1, 0.15) is 47.7 Å². The number of amides is 3. The van der Waals surface area contributed by atoms with Crippen molar-refractivity contribution in [2.24, 2.45) is 0 Å². The second kappa shape index (κ2) is 9.40. The summed E-state index contributed by atoms with van der Waals surface area (Å²) in [7, 11) is 0. The molecule has 1 saturated heterocycles. The third-order valence-electron chi connectivity index (χ3n) is 5.12. The van der Waals surface area contributed by atoms with Crippen molar-refractivity contribution in [1.82, 2.24) is 9.80 Å². The van der Waals surface area contributed by atoms with Crippen molar-refractivity contribution in [1.29, 1.82) is 0 Å². The zero-order valence-electron chi connectivity index (χ0n) is 16.8. The molecule has 0 saturated carbocycles. The Hall–Kier alpha value is -2.82. The first-order chi connectivity index (χ1) is 13.6. The van der Waals surface area contributed by atoms with E-state index in [4.69, 9.17) is 0 Å². The van der Waals surface area contributed by atoms with Gasteiger partial charge < -0.3 is 15.1 Å². The Morgan fingerprint density at radius 3 is 2.43 bits per heavy atom. The average Bonchev–Trinajstić information content (AvgIpc) is 3.23. The van der Waals surface area contributed by atoms with E-state index in [0.29, 0.717) is 24.3 Å². The van der Waals surface area contributed by atoms with Gasteiger partial charge in [0.15, 0.2) is 0 Å². The Bertz CT molecular complexity index is 814. The first kappa shape index (κ1) is 19.9. The molecule has 0 unspecified atom stereocenters. The Balaban J connectivity index is 1.80. The van der Waals surface area contributed by atoms with Crippen molar-refractivity contribution in [3.63, 3.8) is 0 Å². The number of urea groups is 1. The summed E-state index contributed by atoms with van der Waals surface area (Å²) in [5, 5.41) is 3.00. The largest absolute Gasteiger partial charge is 0.339 e. The van der Waals surface area contributed by atoms with Crippen LogP contribution in [-0.4, -0.2) is 41.4 Å². The molecule has 2 aromatic carbocycles. The van der Waals surface area contributed by atoms with Gasteiger partial charge in [-0.3, -0.25) is 4.79 Å². The molecule has 2 aromatic rings. The van der Waals surface area contributed by atoms with E-state index in [1.54, 1.807) is 4.90 Å². The number of carbonyl (C=O) groups is 2. The fourth-order valence-electron chi connectivity index (χ4n) is 3.65. The molecule has 5 heteroatoms. The summed E-state index contributed by atoms with van der Waals surface area (Å²) in [5.74, 6) is 0.0102. The van der Waals surface area contributed by atoms with Gasteiger partial charge in [0.25, 0.3) is 5.91 Å². The first-order valence-electron chi connectivity index (χ1n) is 10.1. The van der Waals surface area contributed by atoms with Crippen LogP contribution in [0.5, 0.6) is 0 Å². The molecule has 1 aliphatic rings. The van der Waals surface area contributed by atoms with Crippen molar-refractivity contribution in [2.45, 2.75) is 39.7 Å². The SMILES string of the molecule is CCCN(Cc1ccccc1)C(=O)Nc1cccc(C)c1C(=O)N1CCCC1. The monoisotopic (exact) mass is 379 g/mol. The summed E-state index contributed by atoms with van der Waals surface area (Å²) in [6, 6.07) is 15.4. The number of benzene rings is 2. The number of nitrogens with one attached hydrogen (secondary N) is 1. The number of aryl methyl sites for hydroxylation is 1. The standard InChI is InChI=1S/C23H29N3O2/c1-3-14-26(17-19-11-5-4-6-12-19)23(28)24-20-13-9-10-18(2)21(20)22(27)25-15-7-8-16-25/h4-6,9-13H,3,7-8,14-17H2,1-2H3,(H,24,28). The lowest BCUT2D eigenvalue weighted by atomic mass is 10.1. The molecule has 0 aliphatic carbocycles. The fourth-order valence-corrected chi connectivity index (χ4v) is 3.65. The van der Waals surface area contributed by atoms with Crippen LogP contribution in [0.4, 0.5) is 10.5 Å². The summed E-state index contributed by atoms with van der Waals surface area (Å²) in [4.78, 5) is 29.7. The molecule has 0 radical (unpaired) electrons. The van der Waals surface area contributed by atoms with Crippen LogP contribution >= 0.6 is 0 Å². The van der Waals surface area contributed by atoms with Crippen LogP contribution in [0, 0.1) is 6.92 Å². The predicted octanol–water partition coefficient (Wildman–Crippen LogP) is 4.68. The zero-order chi connectivity index (χ0) is 19.9. The molecular weight excluding hydrogens is 350 g/mol. The van der Waals surface area contributed by atoms with Gasteiger partial charge in [-0.25, -0.2) is 4.79 Å². The van der Waals surface area contributed by atoms with Gasteiger partial charge in [0, 0.05) is 26.2 Å². The van der Waals surface area contributed by atoms with E-state index in [2.05, 4.69) is 12.2 Å². The summed E-state index contributed by atoms with van der Waals surface area (Å²) < 4.78 is 0. The molecule has 3 amide bonds. The second-order valence-corrected chi connectivity index (χ2v) is 7.33. The van der Waals surface area contributed by atoms with E-state index in [0.717, 1.165) is 43.5 Å². The molecule has 0 aromatic heterocycles. The maximum Gasteiger partial charge on any atom is 0.322 e. The van der Waals surface area contributed by atoms with E-state index in [1.807, 2.05) is 60.4 Å². The lowest BCUT2D eigenvalue weighted by molar-refractivity contribution is 0.0793. The number of hydrogen-bond donors (Lipinski definition) is 1. The molecule has 5 nitrogen and oxygen atoms in total. The van der Waals surface area contributed by atoms with Gasteiger partial charge in [-0.05, 0) is 43.4 Å². The highest BCUT2D eigenvalue weighted by Gasteiger charge is 2.25. The minimum Gasteiger partial charge on any atom is -0.339 e. The highest BCUT2D eigenvalue weighted by Crippen LogP contribution is 2.24. The smallest absolute Gasteiger partial charge is 0.322 e. The van der Waals surface area contributed by atoms with Gasteiger partial charge >= 0.3 is 6.03 Å². The summed E-state index contributed by atoms with van der Waals surface area (Å²) in [6.07, 6.45) is 2.95. The summed E-state index contributed by atoms with van der Waals surface area (Å²) >= 11 is 0. The van der Waals surface area contributed by atoms with Gasteiger partial charge in [0.05, 0.1) is 11.3 Å². The average molecular weight is 380 g/mol. The van der Waals surface area contributed by atoms with E-state index in [-0.39, 0.29) is 11.9 Å². The van der Waals surface area contributed by atoms with Gasteiger partial charge in [0.1, 0.15) is 0 Å². The van der Waals surface area contributed by atoms with E-state index in [9.17, 15) is 9.59 Å². The quantitative estimate of drug-likeness (QED) is 0.793. The highest BCUT2D eigenvalue weighted by molar-refractivity contribution is 6.04. The third-order valence-corrected chi connectivity index (χ3v) is 5.12. The van der Waals surface area contributed by atoms with E-state index >= 15 is 0 Å². The molecule has 1 fully saturated rings. The lowest BCUT2D eigenvalue weighted by Crippen LogP contribution is -2.36. The molecule has 0 atom stereocenters. The highest BCUT2D eigenvalue weighted by atomic mass is 16.2. The third kappa shape index (κ3) is 4.71. The maximum atomic E-state index is 13.0. The predicted molar refractivity (Wildman–Crippen MR) is 112 cm³/mol. The number of anilines is 1. The number of nitrogens with zero attached hydrogens (tertiary/aromatic N) is 2. The number of carbonyl (C=O) groups excluding carboxylic acids is 2. The number of likely N-dealkylation sites (tertiary alicyclic amines) is 1. The van der Waals surface area contributed by atoms with Crippen LogP contribution < -0.4 is 5.32 Å². The van der Waals surface area contributed by atoms with Gasteiger partial charge in [-0.1, -0.05) is 49.4 Å². The minimum absolute atomic E-state index is 0.0102. The molecule has 0 spiro atoms. The topological polar surface area (TPSA) is 52.7 Å². The molecule has 1 aliphatic heterocycles. The fraction of sp³-hybridized carbons (Fsp3) is 0.391.